The predicted octanol–water partition coefficient (Wildman–Crippen LogP) is 3.24. The monoisotopic (exact) mass is 273 g/mol. The van der Waals surface area contributed by atoms with Gasteiger partial charge in [0, 0.05) is 12.2 Å². The number of para-hydroxylation sites is 1. The summed E-state index contributed by atoms with van der Waals surface area (Å²) < 4.78 is 13.2. The largest absolute Gasteiger partial charge is 0.507 e. The van der Waals surface area contributed by atoms with Crippen LogP contribution in [-0.4, -0.2) is 24.0 Å². The lowest BCUT2D eigenvalue weighted by Crippen LogP contribution is -2.29. The van der Waals surface area contributed by atoms with E-state index in [2.05, 4.69) is 0 Å². The molecule has 104 valence electrons. The highest BCUT2D eigenvalue weighted by Gasteiger charge is 2.16. The molecule has 0 atom stereocenters. The number of phenols is 1. The number of benzene rings is 2. The fraction of sp³-hybridized carbons (Fsp3) is 0.188. The van der Waals surface area contributed by atoms with Crippen molar-refractivity contribution in [3.63, 3.8) is 0 Å². The van der Waals surface area contributed by atoms with Crippen molar-refractivity contribution in [3.8, 4) is 5.75 Å². The van der Waals surface area contributed by atoms with Gasteiger partial charge in [0.15, 0.2) is 5.78 Å². The van der Waals surface area contributed by atoms with E-state index in [1.807, 2.05) is 42.2 Å². The number of carbonyl (C=O) groups is 1. The van der Waals surface area contributed by atoms with Crippen molar-refractivity contribution >= 4 is 11.5 Å². The van der Waals surface area contributed by atoms with Gasteiger partial charge in [-0.1, -0.05) is 18.2 Å². The molecule has 0 saturated carbocycles. The number of rotatable bonds is 5. The lowest BCUT2D eigenvalue weighted by Gasteiger charge is -2.22. The van der Waals surface area contributed by atoms with Crippen LogP contribution in [0.4, 0.5) is 10.1 Å². The van der Waals surface area contributed by atoms with Crippen LogP contribution in [0, 0.1) is 5.82 Å². The molecule has 0 aliphatic rings. The van der Waals surface area contributed by atoms with E-state index < -0.39 is 5.82 Å². The maximum Gasteiger partial charge on any atom is 0.185 e. The molecule has 1 N–H and O–H groups in total. The zero-order valence-corrected chi connectivity index (χ0v) is 11.2. The lowest BCUT2D eigenvalue weighted by atomic mass is 10.1. The van der Waals surface area contributed by atoms with Gasteiger partial charge in [0.05, 0.1) is 12.1 Å². The Morgan fingerprint density at radius 3 is 2.55 bits per heavy atom. The van der Waals surface area contributed by atoms with Crippen LogP contribution in [0.25, 0.3) is 0 Å². The number of anilines is 1. The number of halogens is 1. The van der Waals surface area contributed by atoms with Gasteiger partial charge in [0.2, 0.25) is 0 Å². The van der Waals surface area contributed by atoms with Gasteiger partial charge >= 0.3 is 0 Å². The number of hydrogen-bond donors (Lipinski definition) is 1. The average Bonchev–Trinajstić information content (AvgIpc) is 2.48. The third-order valence-corrected chi connectivity index (χ3v) is 3.10. The molecule has 0 radical (unpaired) electrons. The Balaban J connectivity index is 2.20. The molecule has 2 aromatic carbocycles. The molecule has 0 aliphatic heterocycles. The quantitative estimate of drug-likeness (QED) is 0.850. The van der Waals surface area contributed by atoms with Crippen molar-refractivity contribution < 1.29 is 14.3 Å². The first-order valence-corrected chi connectivity index (χ1v) is 6.43. The Labute approximate surface area is 117 Å². The van der Waals surface area contributed by atoms with E-state index >= 15 is 0 Å². The van der Waals surface area contributed by atoms with Gasteiger partial charge in [-0.05, 0) is 37.3 Å². The summed E-state index contributed by atoms with van der Waals surface area (Å²) in [6, 6.07) is 12.9. The summed E-state index contributed by atoms with van der Waals surface area (Å²) in [4.78, 5) is 14.1. The molecule has 0 aliphatic carbocycles. The molecule has 0 unspecified atom stereocenters. The predicted molar refractivity (Wildman–Crippen MR) is 76.7 cm³/mol. The van der Waals surface area contributed by atoms with Crippen LogP contribution in [0.5, 0.6) is 5.75 Å². The topological polar surface area (TPSA) is 40.5 Å². The highest BCUT2D eigenvalue weighted by molar-refractivity contribution is 6.01. The van der Waals surface area contributed by atoms with Crippen LogP contribution < -0.4 is 4.90 Å². The van der Waals surface area contributed by atoms with Crippen LogP contribution in [0.3, 0.4) is 0 Å². The van der Waals surface area contributed by atoms with Crippen LogP contribution in [0.2, 0.25) is 0 Å². The molecular formula is C16H16FNO2. The van der Waals surface area contributed by atoms with Gasteiger partial charge in [-0.2, -0.15) is 0 Å². The van der Waals surface area contributed by atoms with Crippen LogP contribution >= 0.6 is 0 Å². The molecule has 0 heterocycles. The molecular weight excluding hydrogens is 257 g/mol. The summed E-state index contributed by atoms with van der Waals surface area (Å²) in [5, 5.41) is 9.66. The fourth-order valence-electron chi connectivity index (χ4n) is 2.01. The Hall–Kier alpha value is -2.36. The van der Waals surface area contributed by atoms with E-state index in [0.717, 1.165) is 17.8 Å². The second kappa shape index (κ2) is 6.19. The van der Waals surface area contributed by atoms with Crippen molar-refractivity contribution in [1.82, 2.24) is 0 Å². The first-order chi connectivity index (χ1) is 9.61. The lowest BCUT2D eigenvalue weighted by molar-refractivity contribution is 0.0996. The molecule has 0 saturated heterocycles. The van der Waals surface area contributed by atoms with Crippen molar-refractivity contribution in [1.29, 1.82) is 0 Å². The Morgan fingerprint density at radius 2 is 1.90 bits per heavy atom. The van der Waals surface area contributed by atoms with Crippen molar-refractivity contribution in [2.45, 2.75) is 6.92 Å². The number of nitrogens with zero attached hydrogens (tertiary/aromatic N) is 1. The second-order valence-corrected chi connectivity index (χ2v) is 4.43. The number of hydrogen-bond acceptors (Lipinski definition) is 3. The van der Waals surface area contributed by atoms with Crippen LogP contribution in [-0.2, 0) is 0 Å². The van der Waals surface area contributed by atoms with E-state index in [4.69, 9.17) is 0 Å². The smallest absolute Gasteiger partial charge is 0.185 e. The zero-order valence-electron chi connectivity index (χ0n) is 11.2. The van der Waals surface area contributed by atoms with Crippen LogP contribution in [0.1, 0.15) is 17.3 Å². The molecule has 2 aromatic rings. The molecule has 20 heavy (non-hydrogen) atoms. The average molecular weight is 273 g/mol. The standard InChI is InChI=1S/C16H16FNO2/c1-2-18(13-6-4-3-5-7-13)11-16(20)14-10-12(17)8-9-15(14)19/h3-10,19H,2,11H2,1H3. The number of Topliss-reactive ketones (excluding diaryl/α,β-unsaturated/α-hetero) is 1. The van der Waals surface area contributed by atoms with Gasteiger partial charge in [0.25, 0.3) is 0 Å². The van der Waals surface area contributed by atoms with E-state index in [1.54, 1.807) is 0 Å². The summed E-state index contributed by atoms with van der Waals surface area (Å²) in [5.74, 6) is -1.04. The summed E-state index contributed by atoms with van der Waals surface area (Å²) in [5.41, 5.74) is 0.929. The van der Waals surface area contributed by atoms with Gasteiger partial charge < -0.3 is 10.0 Å². The first kappa shape index (κ1) is 14.1. The SMILES string of the molecule is CCN(CC(=O)c1cc(F)ccc1O)c1ccccc1. The molecule has 4 heteroatoms. The third kappa shape index (κ3) is 3.15. The van der Waals surface area contributed by atoms with Crippen molar-refractivity contribution in [2.75, 3.05) is 18.0 Å². The fourth-order valence-corrected chi connectivity index (χ4v) is 2.01. The number of aromatic hydroxyl groups is 1. The van der Waals surface area contributed by atoms with Gasteiger partial charge in [-0.15, -0.1) is 0 Å². The highest BCUT2D eigenvalue weighted by Crippen LogP contribution is 2.20. The Morgan fingerprint density at radius 1 is 1.20 bits per heavy atom. The number of phenolic OH excluding ortho intramolecular Hbond substituents is 1. The summed E-state index contributed by atoms with van der Waals surface area (Å²) >= 11 is 0. The molecule has 3 nitrogen and oxygen atoms in total. The van der Waals surface area contributed by atoms with E-state index in [1.165, 1.54) is 6.07 Å². The first-order valence-electron chi connectivity index (χ1n) is 6.43. The van der Waals surface area contributed by atoms with Gasteiger partial charge in [-0.3, -0.25) is 4.79 Å². The summed E-state index contributed by atoms with van der Waals surface area (Å²) in [6.45, 7) is 2.68. The molecule has 2 rings (SSSR count). The van der Waals surface area contributed by atoms with Gasteiger partial charge in [-0.25, -0.2) is 4.39 Å². The molecule has 0 aromatic heterocycles. The van der Waals surface area contributed by atoms with E-state index in [9.17, 15) is 14.3 Å². The summed E-state index contributed by atoms with van der Waals surface area (Å²) in [6.07, 6.45) is 0. The molecule has 0 bridgehead atoms. The number of likely N-dealkylation sites (N-methyl/N-ethyl adjacent to an activating group) is 1. The van der Waals surface area contributed by atoms with E-state index in [0.29, 0.717) is 6.54 Å². The Bertz CT molecular complexity index is 599. The molecule has 0 amide bonds. The maximum absolute atomic E-state index is 13.2. The van der Waals surface area contributed by atoms with Gasteiger partial charge in [0.1, 0.15) is 11.6 Å². The minimum absolute atomic E-state index is 0.0133. The minimum atomic E-state index is -0.533. The highest BCUT2D eigenvalue weighted by atomic mass is 19.1. The zero-order chi connectivity index (χ0) is 14.5. The molecule has 0 fully saturated rings. The van der Waals surface area contributed by atoms with Crippen molar-refractivity contribution in [2.24, 2.45) is 0 Å². The number of ketones is 1. The third-order valence-electron chi connectivity index (χ3n) is 3.10. The Kier molecular flexibility index (Phi) is 4.35. The molecule has 0 spiro atoms. The second-order valence-electron chi connectivity index (χ2n) is 4.43. The normalized spacial score (nSPS) is 10.3. The van der Waals surface area contributed by atoms with Crippen molar-refractivity contribution in [3.05, 3.63) is 59.9 Å². The van der Waals surface area contributed by atoms with Crippen LogP contribution in [0.15, 0.2) is 48.5 Å². The number of carbonyl (C=O) groups excluding carboxylic acids is 1. The summed E-state index contributed by atoms with van der Waals surface area (Å²) in [7, 11) is 0. The van der Waals surface area contributed by atoms with E-state index in [-0.39, 0.29) is 23.6 Å². The maximum atomic E-state index is 13.2. The minimum Gasteiger partial charge on any atom is -0.507 e.